The first-order valence-corrected chi connectivity index (χ1v) is 11.9. The number of hydrogen-bond acceptors (Lipinski definition) is 5. The number of piperidine rings is 1. The highest BCUT2D eigenvalue weighted by Gasteiger charge is 2.58. The highest BCUT2D eigenvalue weighted by molar-refractivity contribution is 7.80. The zero-order chi connectivity index (χ0) is 23.9. The molecule has 33 heavy (non-hydrogen) atoms. The van der Waals surface area contributed by atoms with Crippen LogP contribution in [0.25, 0.3) is 10.8 Å². The molecular formula is C26H32N2O4S. The lowest BCUT2D eigenvalue weighted by Gasteiger charge is -2.51. The van der Waals surface area contributed by atoms with Crippen LogP contribution in [0.5, 0.6) is 0 Å². The molecule has 2 saturated heterocycles. The summed E-state index contributed by atoms with van der Waals surface area (Å²) in [5, 5.41) is 5.42. The van der Waals surface area contributed by atoms with Crippen molar-refractivity contribution in [2.75, 3.05) is 13.7 Å². The molecule has 2 aromatic rings. The zero-order valence-corrected chi connectivity index (χ0v) is 20.6. The quantitative estimate of drug-likeness (QED) is 0.515. The molecule has 2 heterocycles. The average Bonchev–Trinajstić information content (AvgIpc) is 3.20. The molecule has 2 atom stereocenters. The van der Waals surface area contributed by atoms with E-state index in [4.69, 9.17) is 21.7 Å². The van der Waals surface area contributed by atoms with Gasteiger partial charge in [-0.2, -0.15) is 0 Å². The summed E-state index contributed by atoms with van der Waals surface area (Å²) in [6.45, 7) is 6.18. The Morgan fingerprint density at radius 3 is 2.52 bits per heavy atom. The second-order valence-corrected chi connectivity index (χ2v) is 10.5. The SMILES string of the molecule is COC(=O)[C@]12CCCN1C(=S)[C@](Cc1ccc3ccccc3c1)(NC(=O)OC(C)(C)C)CC2. The van der Waals surface area contributed by atoms with E-state index in [1.165, 1.54) is 7.11 Å². The molecule has 1 amide bonds. The molecule has 2 aliphatic rings. The Kier molecular flexibility index (Phi) is 6.12. The molecular weight excluding hydrogens is 436 g/mol. The van der Waals surface area contributed by atoms with Gasteiger partial charge >= 0.3 is 12.1 Å². The number of benzene rings is 2. The fourth-order valence-corrected chi connectivity index (χ4v) is 5.74. The first-order chi connectivity index (χ1) is 15.6. The number of fused-ring (bicyclic) bond motifs is 2. The van der Waals surface area contributed by atoms with Crippen molar-refractivity contribution in [2.24, 2.45) is 0 Å². The minimum Gasteiger partial charge on any atom is -0.467 e. The van der Waals surface area contributed by atoms with E-state index in [9.17, 15) is 9.59 Å². The van der Waals surface area contributed by atoms with Gasteiger partial charge in [0.1, 0.15) is 16.1 Å². The van der Waals surface area contributed by atoms with Crippen molar-refractivity contribution in [2.45, 2.75) is 69.6 Å². The molecule has 6 nitrogen and oxygen atoms in total. The van der Waals surface area contributed by atoms with E-state index in [-0.39, 0.29) is 5.97 Å². The molecule has 0 aromatic heterocycles. The van der Waals surface area contributed by atoms with Gasteiger partial charge < -0.3 is 19.7 Å². The maximum absolute atomic E-state index is 12.9. The summed E-state index contributed by atoms with van der Waals surface area (Å²) >= 11 is 6.02. The minimum atomic E-state index is -0.831. The average molecular weight is 469 g/mol. The van der Waals surface area contributed by atoms with Crippen LogP contribution in [0.1, 0.15) is 52.0 Å². The summed E-state index contributed by atoms with van der Waals surface area (Å²) in [7, 11) is 1.42. The lowest BCUT2D eigenvalue weighted by molar-refractivity contribution is -0.152. The molecule has 0 spiro atoms. The highest BCUT2D eigenvalue weighted by Crippen LogP contribution is 2.44. The Hall–Kier alpha value is -2.67. The third kappa shape index (κ3) is 4.43. The molecule has 0 unspecified atom stereocenters. The van der Waals surface area contributed by atoms with Crippen molar-refractivity contribution in [1.29, 1.82) is 0 Å². The second-order valence-electron chi connectivity index (χ2n) is 10.2. The highest BCUT2D eigenvalue weighted by atomic mass is 32.1. The van der Waals surface area contributed by atoms with Gasteiger partial charge in [0.05, 0.1) is 12.6 Å². The number of alkyl carbamates (subject to hydrolysis) is 1. The number of carbonyl (C=O) groups excluding carboxylic acids is 2. The summed E-state index contributed by atoms with van der Waals surface area (Å²) in [4.78, 5) is 28.3. The standard InChI is InChI=1S/C26H32N2O4S/c1-24(2,3)32-23(30)27-25(17-18-10-11-19-8-5-6-9-20(19)16-18)13-14-26(22(29)31-4)12-7-15-28(26)21(25)33/h5-6,8-11,16H,7,12-15,17H2,1-4H3,(H,27,30)/t25-,26+/m0/s1. The van der Waals surface area contributed by atoms with Gasteiger partial charge in [-0.15, -0.1) is 0 Å². The maximum Gasteiger partial charge on any atom is 0.408 e. The van der Waals surface area contributed by atoms with Crippen LogP contribution in [0, 0.1) is 0 Å². The van der Waals surface area contributed by atoms with Crippen molar-refractivity contribution < 1.29 is 19.1 Å². The number of carbonyl (C=O) groups is 2. The van der Waals surface area contributed by atoms with Gasteiger partial charge in [-0.1, -0.05) is 54.7 Å². The number of amides is 1. The minimum absolute atomic E-state index is 0.251. The van der Waals surface area contributed by atoms with Crippen molar-refractivity contribution in [3.63, 3.8) is 0 Å². The van der Waals surface area contributed by atoms with Crippen LogP contribution in [0.2, 0.25) is 0 Å². The van der Waals surface area contributed by atoms with Crippen molar-refractivity contribution in [3.8, 4) is 0 Å². The molecule has 0 radical (unpaired) electrons. The third-order valence-electron chi connectivity index (χ3n) is 6.73. The smallest absolute Gasteiger partial charge is 0.408 e. The van der Waals surface area contributed by atoms with E-state index in [0.717, 1.165) is 22.8 Å². The third-order valence-corrected chi connectivity index (χ3v) is 7.35. The van der Waals surface area contributed by atoms with E-state index in [1.807, 2.05) is 37.8 Å². The lowest BCUT2D eigenvalue weighted by atomic mass is 9.75. The van der Waals surface area contributed by atoms with Crippen molar-refractivity contribution in [3.05, 3.63) is 48.0 Å². The monoisotopic (exact) mass is 468 g/mol. The number of thiocarbonyl (C=S) groups is 1. The molecule has 2 aromatic carbocycles. The van der Waals surface area contributed by atoms with Gasteiger partial charge in [-0.25, -0.2) is 9.59 Å². The molecule has 0 bridgehead atoms. The van der Waals surface area contributed by atoms with Gasteiger partial charge in [0, 0.05) is 13.0 Å². The predicted molar refractivity (Wildman–Crippen MR) is 132 cm³/mol. The number of hydrogen-bond donors (Lipinski definition) is 1. The largest absolute Gasteiger partial charge is 0.467 e. The van der Waals surface area contributed by atoms with Crippen LogP contribution in [0.3, 0.4) is 0 Å². The van der Waals surface area contributed by atoms with Gasteiger partial charge in [0.25, 0.3) is 0 Å². The van der Waals surface area contributed by atoms with Crippen molar-refractivity contribution >= 4 is 40.0 Å². The first kappa shape index (κ1) is 23.5. The van der Waals surface area contributed by atoms with Gasteiger partial charge in [-0.05, 0) is 62.8 Å². The molecule has 0 saturated carbocycles. The summed E-state index contributed by atoms with van der Waals surface area (Å²) in [5.74, 6) is -0.251. The Morgan fingerprint density at radius 1 is 1.09 bits per heavy atom. The fraction of sp³-hybridized carbons (Fsp3) is 0.500. The molecule has 1 N–H and O–H groups in total. The molecule has 176 valence electrons. The number of esters is 1. The van der Waals surface area contributed by atoms with E-state index in [1.54, 1.807) is 0 Å². The lowest BCUT2D eigenvalue weighted by Crippen LogP contribution is -2.69. The number of nitrogens with zero attached hydrogens (tertiary/aromatic N) is 1. The van der Waals surface area contributed by atoms with Crippen LogP contribution < -0.4 is 5.32 Å². The summed E-state index contributed by atoms with van der Waals surface area (Å²) < 4.78 is 10.8. The number of nitrogens with one attached hydrogen (secondary N) is 1. The summed E-state index contributed by atoms with van der Waals surface area (Å²) in [6, 6.07) is 14.5. The first-order valence-electron chi connectivity index (χ1n) is 11.5. The van der Waals surface area contributed by atoms with E-state index in [0.29, 0.717) is 37.2 Å². The van der Waals surface area contributed by atoms with E-state index >= 15 is 0 Å². The fourth-order valence-electron chi connectivity index (χ4n) is 5.24. The number of ether oxygens (including phenoxy) is 2. The second kappa shape index (κ2) is 8.60. The van der Waals surface area contributed by atoms with Crippen LogP contribution in [0.4, 0.5) is 4.79 Å². The van der Waals surface area contributed by atoms with Gasteiger partial charge in [0.15, 0.2) is 0 Å². The number of methoxy groups -OCH3 is 1. The molecule has 2 fully saturated rings. The van der Waals surface area contributed by atoms with E-state index < -0.39 is 22.8 Å². The van der Waals surface area contributed by atoms with Crippen LogP contribution >= 0.6 is 12.2 Å². The molecule has 7 heteroatoms. The van der Waals surface area contributed by atoms with Crippen molar-refractivity contribution in [1.82, 2.24) is 10.2 Å². The Labute approximate surface area is 200 Å². The van der Waals surface area contributed by atoms with Crippen LogP contribution in [0.15, 0.2) is 42.5 Å². The molecule has 4 rings (SSSR count). The van der Waals surface area contributed by atoms with Crippen LogP contribution in [-0.2, 0) is 20.7 Å². The van der Waals surface area contributed by atoms with Gasteiger partial charge in [0.2, 0.25) is 0 Å². The van der Waals surface area contributed by atoms with Gasteiger partial charge in [-0.3, -0.25) is 0 Å². The summed E-state index contributed by atoms with van der Waals surface area (Å²) in [6.07, 6.45) is 2.66. The Morgan fingerprint density at radius 2 is 1.82 bits per heavy atom. The predicted octanol–water partition coefficient (Wildman–Crippen LogP) is 4.77. The maximum atomic E-state index is 12.9. The normalized spacial score (nSPS) is 25.0. The molecule has 0 aliphatic carbocycles. The number of rotatable bonds is 4. The van der Waals surface area contributed by atoms with E-state index in [2.05, 4.69) is 35.6 Å². The molecule has 2 aliphatic heterocycles. The van der Waals surface area contributed by atoms with Crippen LogP contribution in [-0.4, -0.2) is 52.3 Å². The Balaban J connectivity index is 1.71. The Bertz CT molecular complexity index is 1100. The topological polar surface area (TPSA) is 67.9 Å². The summed E-state index contributed by atoms with van der Waals surface area (Å²) in [5.41, 5.74) is -1.14. The zero-order valence-electron chi connectivity index (χ0n) is 19.8.